The van der Waals surface area contributed by atoms with Crippen molar-refractivity contribution in [2.24, 2.45) is 5.41 Å². The lowest BCUT2D eigenvalue weighted by atomic mass is 10.00. The summed E-state index contributed by atoms with van der Waals surface area (Å²) in [6.45, 7) is 11.4. The molecule has 1 aromatic carbocycles. The van der Waals surface area contributed by atoms with Crippen molar-refractivity contribution < 1.29 is 19.1 Å². The van der Waals surface area contributed by atoms with E-state index < -0.39 is 6.04 Å². The molecule has 1 aliphatic carbocycles. The second-order valence-electron chi connectivity index (χ2n) is 11.5. The van der Waals surface area contributed by atoms with Gasteiger partial charge in [0.1, 0.15) is 34.5 Å². The molecule has 2 amide bonds. The molecule has 1 unspecified atom stereocenters. The topological polar surface area (TPSA) is 132 Å². The Morgan fingerprint density at radius 3 is 2.62 bits per heavy atom. The van der Waals surface area contributed by atoms with E-state index in [0.29, 0.717) is 52.3 Å². The maximum Gasteiger partial charge on any atom is 0.248 e. The van der Waals surface area contributed by atoms with Crippen LogP contribution < -0.4 is 5.32 Å². The third-order valence-corrected chi connectivity index (χ3v) is 8.91. The van der Waals surface area contributed by atoms with E-state index in [0.717, 1.165) is 17.5 Å². The lowest BCUT2D eigenvalue weighted by Crippen LogP contribution is -2.47. The molecule has 4 heterocycles. The number of nitrogens with one attached hydrogen (secondary N) is 1. The van der Waals surface area contributed by atoms with Crippen LogP contribution in [0.15, 0.2) is 66.6 Å². The molecular weight excluding hydrogens is 638 g/mol. The van der Waals surface area contributed by atoms with Gasteiger partial charge in [-0.05, 0) is 65.5 Å². The van der Waals surface area contributed by atoms with Gasteiger partial charge in [-0.1, -0.05) is 24.8 Å². The van der Waals surface area contributed by atoms with Crippen LogP contribution in [0.1, 0.15) is 41.6 Å². The number of aryl methyl sites for hydroxylation is 1. The van der Waals surface area contributed by atoms with Crippen molar-refractivity contribution >= 4 is 56.3 Å². The number of ketones is 1. The van der Waals surface area contributed by atoms with Crippen molar-refractivity contribution in [2.75, 3.05) is 18.5 Å². The van der Waals surface area contributed by atoms with Crippen LogP contribution in [0.2, 0.25) is 0 Å². The number of likely N-dealkylation sites (tertiary alicyclic amines) is 1. The number of halogens is 1. The predicted molar refractivity (Wildman–Crippen MR) is 173 cm³/mol. The van der Waals surface area contributed by atoms with Gasteiger partial charge in [0.25, 0.3) is 0 Å². The minimum Gasteiger partial charge on any atom is -0.377 e. The first-order chi connectivity index (χ1) is 21.6. The van der Waals surface area contributed by atoms with E-state index in [-0.39, 0.29) is 41.3 Å². The number of nitrogens with zero attached hydrogens (tertiary/aromatic N) is 6. The number of aromatic nitrogens is 5. The highest BCUT2D eigenvalue weighted by molar-refractivity contribution is 9.10. The van der Waals surface area contributed by atoms with E-state index in [1.165, 1.54) is 6.92 Å². The third kappa shape index (κ3) is 5.83. The summed E-state index contributed by atoms with van der Waals surface area (Å²) in [4.78, 5) is 55.1. The largest absolute Gasteiger partial charge is 0.377 e. The summed E-state index contributed by atoms with van der Waals surface area (Å²) in [5, 5.41) is 8.10. The molecule has 1 N–H and O–H groups in total. The number of rotatable bonds is 11. The van der Waals surface area contributed by atoms with Gasteiger partial charge in [-0.2, -0.15) is 5.10 Å². The SMILES string of the molecule is C=CCOC[C@]12CC1N(C(=O)Cn1nc(C(C)=O)c3cc(-c4cnc(C)nc4)ccc31)[C@H](C(=O)Nc1nc(Br)ccc1C=C)C2. The number of hydrogen-bond donors (Lipinski definition) is 1. The highest BCUT2D eigenvalue weighted by atomic mass is 79.9. The number of anilines is 1. The monoisotopic (exact) mass is 669 g/mol. The zero-order valence-electron chi connectivity index (χ0n) is 25.0. The maximum atomic E-state index is 14.1. The fourth-order valence-electron chi connectivity index (χ4n) is 6.17. The number of benzene rings is 1. The lowest BCUT2D eigenvalue weighted by Gasteiger charge is -2.27. The van der Waals surface area contributed by atoms with Gasteiger partial charge in [0.15, 0.2) is 5.78 Å². The Hall–Kier alpha value is -4.55. The Balaban J connectivity index is 1.30. The molecule has 230 valence electrons. The van der Waals surface area contributed by atoms with E-state index >= 15 is 0 Å². The number of piperidine rings is 1. The van der Waals surface area contributed by atoms with E-state index in [1.54, 1.807) is 46.3 Å². The number of hydrogen-bond acceptors (Lipinski definition) is 8. The summed E-state index contributed by atoms with van der Waals surface area (Å²) < 4.78 is 7.92. The van der Waals surface area contributed by atoms with Crippen LogP contribution in [0.5, 0.6) is 0 Å². The summed E-state index contributed by atoms with van der Waals surface area (Å²) in [5.41, 5.74) is 2.86. The minimum absolute atomic E-state index is 0.145. The first kappa shape index (κ1) is 30.5. The Kier molecular flexibility index (Phi) is 8.19. The minimum atomic E-state index is -0.746. The number of ether oxygens (including phenoxy) is 1. The third-order valence-electron chi connectivity index (χ3n) is 8.47. The smallest absolute Gasteiger partial charge is 0.248 e. The molecule has 12 heteroatoms. The van der Waals surface area contributed by atoms with Gasteiger partial charge in [-0.15, -0.1) is 6.58 Å². The number of carbonyl (C=O) groups excluding carboxylic acids is 3. The second-order valence-corrected chi connectivity index (χ2v) is 12.3. The van der Waals surface area contributed by atoms with Crippen LogP contribution in [0.4, 0.5) is 5.82 Å². The molecule has 11 nitrogen and oxygen atoms in total. The Morgan fingerprint density at radius 2 is 1.91 bits per heavy atom. The zero-order valence-corrected chi connectivity index (χ0v) is 26.6. The molecule has 0 radical (unpaired) electrons. The standard InChI is InChI=1S/C33H32BrN7O4/c1-5-11-45-18-33-13-26(32(44)38-31-21(6-2)8-10-28(34)37-31)41(27(33)14-33)29(43)17-40-25-9-7-22(23-15-35-20(4)36-16-23)12-24(25)30(39-40)19(3)42/h5-10,12,15-16,26-27H,1-2,11,13-14,17-18H2,3-4H3,(H,37,38,44)/t26-,27?,33-/m0/s1. The van der Waals surface area contributed by atoms with Crippen LogP contribution in [0.25, 0.3) is 28.1 Å². The summed E-state index contributed by atoms with van der Waals surface area (Å²) in [6, 6.07) is 8.25. The molecule has 1 saturated heterocycles. The quantitative estimate of drug-likeness (QED) is 0.102. The highest BCUT2D eigenvalue weighted by Gasteiger charge is 2.67. The number of fused-ring (bicyclic) bond motifs is 2. The van der Waals surface area contributed by atoms with Gasteiger partial charge in [0.2, 0.25) is 11.8 Å². The first-order valence-corrected chi connectivity index (χ1v) is 15.3. The fourth-order valence-corrected chi connectivity index (χ4v) is 6.48. The molecule has 1 aliphatic heterocycles. The summed E-state index contributed by atoms with van der Waals surface area (Å²) in [6.07, 6.45) is 7.93. The molecule has 0 bridgehead atoms. The van der Waals surface area contributed by atoms with E-state index in [2.05, 4.69) is 54.5 Å². The van der Waals surface area contributed by atoms with Crippen molar-refractivity contribution in [1.82, 2.24) is 29.6 Å². The molecule has 2 aliphatic rings. The zero-order chi connectivity index (χ0) is 31.9. The van der Waals surface area contributed by atoms with Gasteiger partial charge in [0.05, 0.1) is 18.7 Å². The Labute approximate surface area is 268 Å². The van der Waals surface area contributed by atoms with E-state index in [1.807, 2.05) is 25.1 Å². The molecule has 3 atom stereocenters. The Bertz CT molecular complexity index is 1850. The molecule has 0 spiro atoms. The van der Waals surface area contributed by atoms with Crippen LogP contribution in [-0.4, -0.2) is 72.5 Å². The molecule has 1 saturated carbocycles. The van der Waals surface area contributed by atoms with Crippen LogP contribution in [0, 0.1) is 12.3 Å². The van der Waals surface area contributed by atoms with Crippen molar-refractivity contribution in [1.29, 1.82) is 0 Å². The van der Waals surface area contributed by atoms with Crippen molar-refractivity contribution in [3.8, 4) is 11.1 Å². The first-order valence-electron chi connectivity index (χ1n) is 14.5. The van der Waals surface area contributed by atoms with Crippen molar-refractivity contribution in [3.63, 3.8) is 0 Å². The molecule has 6 rings (SSSR count). The van der Waals surface area contributed by atoms with Crippen LogP contribution >= 0.6 is 15.9 Å². The number of pyridine rings is 1. The van der Waals surface area contributed by atoms with Gasteiger partial charge in [0, 0.05) is 47.3 Å². The number of amides is 2. The van der Waals surface area contributed by atoms with Crippen molar-refractivity contribution in [2.45, 2.75) is 45.3 Å². The second kappa shape index (κ2) is 12.1. The molecule has 4 aromatic rings. The van der Waals surface area contributed by atoms with Crippen molar-refractivity contribution in [3.05, 3.63) is 83.6 Å². The molecule has 2 fully saturated rings. The molecule has 45 heavy (non-hydrogen) atoms. The fraction of sp³-hybridized carbons (Fsp3) is 0.303. The summed E-state index contributed by atoms with van der Waals surface area (Å²) in [5.74, 6) is 0.178. The summed E-state index contributed by atoms with van der Waals surface area (Å²) in [7, 11) is 0. The maximum absolute atomic E-state index is 14.1. The Morgan fingerprint density at radius 1 is 1.13 bits per heavy atom. The van der Waals surface area contributed by atoms with Crippen LogP contribution in [0.3, 0.4) is 0 Å². The van der Waals surface area contributed by atoms with Crippen LogP contribution in [-0.2, 0) is 20.9 Å². The van der Waals surface area contributed by atoms with E-state index in [9.17, 15) is 14.4 Å². The van der Waals surface area contributed by atoms with Gasteiger partial charge >= 0.3 is 0 Å². The van der Waals surface area contributed by atoms with E-state index in [4.69, 9.17) is 4.74 Å². The van der Waals surface area contributed by atoms with Gasteiger partial charge in [-0.25, -0.2) is 15.0 Å². The number of carbonyl (C=O) groups is 3. The lowest BCUT2D eigenvalue weighted by molar-refractivity contribution is -0.138. The predicted octanol–water partition coefficient (Wildman–Crippen LogP) is 5.01. The highest BCUT2D eigenvalue weighted by Crippen LogP contribution is 2.60. The average Bonchev–Trinajstić information content (AvgIpc) is 3.43. The number of Topliss-reactive ketones (excluding diaryl/α,β-unsaturated/α-hetero) is 1. The van der Waals surface area contributed by atoms with Gasteiger partial charge in [-0.3, -0.25) is 19.1 Å². The molecule has 3 aromatic heterocycles. The average molecular weight is 671 g/mol. The van der Waals surface area contributed by atoms with Gasteiger partial charge < -0.3 is 15.0 Å². The molecular formula is C33H32BrN7O4. The summed E-state index contributed by atoms with van der Waals surface area (Å²) >= 11 is 3.36. The normalized spacial score (nSPS) is 20.1.